The number of pyridine rings is 2. The minimum absolute atomic E-state index is 0. The van der Waals surface area contributed by atoms with Crippen molar-refractivity contribution in [1.29, 1.82) is 0 Å². The molecule has 0 amide bonds. The first-order valence-electron chi connectivity index (χ1n) is 14.1. The number of hydrogen-bond acceptors (Lipinski definition) is 7. The number of aromatic nitrogens is 6. The Labute approximate surface area is 308 Å². The zero-order chi connectivity index (χ0) is 30.0. The van der Waals surface area contributed by atoms with Gasteiger partial charge in [-0.2, -0.15) is 40.1 Å². The molecule has 0 aliphatic heterocycles. The molecule has 0 N–H and O–H groups in total. The van der Waals surface area contributed by atoms with E-state index in [1.165, 1.54) is 0 Å². The van der Waals surface area contributed by atoms with Gasteiger partial charge in [-0.05, 0) is 23.5 Å². The van der Waals surface area contributed by atoms with Crippen molar-refractivity contribution in [1.82, 2.24) is 29.7 Å². The average molecular weight is 914 g/mol. The maximum Gasteiger partial charge on any atom is 2.00 e. The summed E-state index contributed by atoms with van der Waals surface area (Å²) in [5.41, 5.74) is 5.37. The Morgan fingerprint density at radius 3 is 1.49 bits per heavy atom. The molecule has 8 aromatic rings. The summed E-state index contributed by atoms with van der Waals surface area (Å²) in [5, 5.41) is 10.5. The fraction of sp³-hybridized carbons (Fsp3) is 0. The van der Waals surface area contributed by atoms with Gasteiger partial charge in [-0.15, -0.1) is 110 Å². The topological polar surface area (TPSA) is 69.4 Å². The van der Waals surface area contributed by atoms with Crippen LogP contribution in [0.4, 0.5) is 0 Å². The molecule has 4 aromatic carbocycles. The maximum atomic E-state index is 4.55. The zero-order valence-electron chi connectivity index (χ0n) is 24.2. The van der Waals surface area contributed by atoms with Crippen molar-refractivity contribution in [2.75, 3.05) is 0 Å². The third kappa shape index (κ3) is 7.01. The van der Waals surface area contributed by atoms with Gasteiger partial charge < -0.3 is 14.5 Å². The second-order valence-electron chi connectivity index (χ2n) is 9.94. The molecule has 0 saturated carbocycles. The van der Waals surface area contributed by atoms with Crippen LogP contribution in [-0.4, -0.2) is 29.7 Å². The normalized spacial score (nSPS) is 10.8. The van der Waals surface area contributed by atoms with E-state index in [1.807, 2.05) is 77.4 Å². The van der Waals surface area contributed by atoms with Crippen LogP contribution in [0.5, 0.6) is 0 Å². The van der Waals surface area contributed by atoms with Gasteiger partial charge in [0, 0.05) is 12.4 Å². The molecule has 230 valence electrons. The Morgan fingerprint density at radius 2 is 1.02 bits per heavy atom. The summed E-state index contributed by atoms with van der Waals surface area (Å²) in [6.45, 7) is 0. The summed E-state index contributed by atoms with van der Waals surface area (Å²) < 4.78 is 1.98. The molecule has 4 heterocycles. The molecular weight excluding hydrogens is 894 g/mol. The molecule has 0 saturated heterocycles. The summed E-state index contributed by atoms with van der Waals surface area (Å²) in [6, 6.07) is 46.6. The van der Waals surface area contributed by atoms with Crippen molar-refractivity contribution in [3.8, 4) is 28.5 Å². The van der Waals surface area contributed by atoms with Gasteiger partial charge in [-0.25, -0.2) is 4.98 Å². The predicted molar refractivity (Wildman–Crippen MR) is 177 cm³/mol. The summed E-state index contributed by atoms with van der Waals surface area (Å²) in [4.78, 5) is 17.3. The van der Waals surface area contributed by atoms with Crippen LogP contribution in [0.15, 0.2) is 141 Å². The number of benzene rings is 4. The smallest absolute Gasteiger partial charge is 0.327 e. The van der Waals surface area contributed by atoms with Gasteiger partial charge in [0.15, 0.2) is 0 Å². The summed E-state index contributed by atoms with van der Waals surface area (Å²) in [7, 11) is 0. The Morgan fingerprint density at radius 1 is 0.489 bits per heavy atom. The van der Waals surface area contributed by atoms with E-state index in [1.54, 1.807) is 48.3 Å². The fourth-order valence-corrected chi connectivity index (χ4v) is 6.74. The average Bonchev–Trinajstić information content (AvgIpc) is 3.42. The maximum absolute atomic E-state index is 4.55. The van der Waals surface area contributed by atoms with Gasteiger partial charge in [-0.1, -0.05) is 45.1 Å². The number of nitrogens with zero attached hydrogens (tertiary/aromatic N) is 6. The van der Waals surface area contributed by atoms with Crippen molar-refractivity contribution in [3.63, 3.8) is 0 Å². The second kappa shape index (κ2) is 14.9. The van der Waals surface area contributed by atoms with Crippen molar-refractivity contribution in [3.05, 3.63) is 146 Å². The quantitative estimate of drug-likeness (QED) is 0.117. The number of rotatable bonds is 7. The van der Waals surface area contributed by atoms with E-state index in [0.717, 1.165) is 63.9 Å². The standard InChI is InChI=1S/C37H20N6S2.Pd.Pt/c1-3-17-38-33(11-1)25-7-5-9-27(21-25)44-29-13-15-31-32-16-14-30(24-36(32)43(35(31)23-29)37-40-19-20-41-42-37)45-28-10-6-8-26(22-28)34-12-2-4-18-39-34;;/h1-20H;;/q-4;2*+2. The monoisotopic (exact) mass is 913 g/mol. The Balaban J connectivity index is 0.00000193. The van der Waals surface area contributed by atoms with Crippen molar-refractivity contribution < 1.29 is 41.5 Å². The molecule has 0 fully saturated rings. The van der Waals surface area contributed by atoms with E-state index < -0.39 is 0 Å². The number of hydrogen-bond donors (Lipinski definition) is 0. The summed E-state index contributed by atoms with van der Waals surface area (Å²) >= 11 is 3.19. The molecule has 47 heavy (non-hydrogen) atoms. The van der Waals surface area contributed by atoms with Gasteiger partial charge in [0.1, 0.15) is 0 Å². The molecule has 0 spiro atoms. The minimum atomic E-state index is 0. The molecule has 8 rings (SSSR count). The van der Waals surface area contributed by atoms with E-state index in [-0.39, 0.29) is 41.5 Å². The Hall–Kier alpha value is -3.96. The van der Waals surface area contributed by atoms with Gasteiger partial charge in [0.25, 0.3) is 5.95 Å². The van der Waals surface area contributed by atoms with Crippen LogP contribution in [0.2, 0.25) is 0 Å². The Kier molecular flexibility index (Phi) is 10.4. The van der Waals surface area contributed by atoms with Crippen LogP contribution < -0.4 is 0 Å². The van der Waals surface area contributed by atoms with Crippen molar-refractivity contribution >= 4 is 45.3 Å². The number of fused-ring (bicyclic) bond motifs is 3. The molecule has 0 radical (unpaired) electrons. The third-order valence-electron chi connectivity index (χ3n) is 7.06. The van der Waals surface area contributed by atoms with E-state index in [4.69, 9.17) is 0 Å². The first-order valence-corrected chi connectivity index (χ1v) is 15.7. The second-order valence-corrected chi connectivity index (χ2v) is 12.1. The summed E-state index contributed by atoms with van der Waals surface area (Å²) in [6.07, 6.45) is 6.81. The first-order chi connectivity index (χ1) is 22.3. The van der Waals surface area contributed by atoms with Crippen LogP contribution in [0.1, 0.15) is 0 Å². The van der Waals surface area contributed by atoms with E-state index in [9.17, 15) is 0 Å². The van der Waals surface area contributed by atoms with E-state index in [0.29, 0.717) is 5.95 Å². The van der Waals surface area contributed by atoms with Crippen LogP contribution in [-0.2, 0) is 41.5 Å². The SMILES string of the molecule is [Pd+2].[Pt+2].[c-]1c(Sc2[c-]c3c(cc2)c2ccc(Sc4[c-]c(-c5ccccn5)ccc4)[c-]c2n3-c2nccnn2)cccc1-c1ccccn1. The van der Waals surface area contributed by atoms with Gasteiger partial charge in [0.05, 0.1) is 12.4 Å². The molecule has 0 bridgehead atoms. The van der Waals surface area contributed by atoms with Gasteiger partial charge in [0.2, 0.25) is 0 Å². The largest absolute Gasteiger partial charge is 2.00 e. The van der Waals surface area contributed by atoms with Crippen molar-refractivity contribution in [2.45, 2.75) is 19.6 Å². The molecule has 0 aliphatic carbocycles. The van der Waals surface area contributed by atoms with Gasteiger partial charge >= 0.3 is 41.5 Å². The van der Waals surface area contributed by atoms with Crippen LogP contribution in [0.3, 0.4) is 0 Å². The molecule has 0 unspecified atom stereocenters. The van der Waals surface area contributed by atoms with Crippen LogP contribution in [0, 0.1) is 24.3 Å². The Bertz CT molecular complexity index is 2140. The molecular formula is C37H20N6PdPtS2. The van der Waals surface area contributed by atoms with Crippen LogP contribution in [0.25, 0.3) is 50.3 Å². The molecule has 4 aromatic heterocycles. The van der Waals surface area contributed by atoms with E-state index >= 15 is 0 Å². The molecule has 0 aliphatic rings. The minimum Gasteiger partial charge on any atom is -0.327 e. The predicted octanol–water partition coefficient (Wildman–Crippen LogP) is 8.59. The summed E-state index contributed by atoms with van der Waals surface area (Å²) in [5.74, 6) is 0.460. The fourth-order valence-electron chi connectivity index (χ4n) is 5.08. The van der Waals surface area contributed by atoms with Crippen molar-refractivity contribution in [2.24, 2.45) is 0 Å². The van der Waals surface area contributed by atoms with Crippen LogP contribution >= 0.6 is 23.5 Å². The molecule has 0 atom stereocenters. The zero-order valence-corrected chi connectivity index (χ0v) is 29.6. The van der Waals surface area contributed by atoms with E-state index in [2.05, 4.69) is 73.7 Å². The third-order valence-corrected chi connectivity index (χ3v) is 8.89. The molecule has 10 heteroatoms. The van der Waals surface area contributed by atoms with Gasteiger partial charge in [-0.3, -0.25) is 0 Å². The first kappa shape index (κ1) is 33.0. The molecule has 6 nitrogen and oxygen atoms in total.